The maximum atomic E-state index is 12.1. The van der Waals surface area contributed by atoms with Gasteiger partial charge in [0.2, 0.25) is 0 Å². The quantitative estimate of drug-likeness (QED) is 0.587. The second kappa shape index (κ2) is 8.97. The first-order valence-corrected chi connectivity index (χ1v) is 11.3. The third-order valence-electron chi connectivity index (χ3n) is 3.98. The molecule has 2 aromatic carbocycles. The van der Waals surface area contributed by atoms with Crippen molar-refractivity contribution < 1.29 is 25.2 Å². The summed E-state index contributed by atoms with van der Waals surface area (Å²) in [5.41, 5.74) is 1.91. The van der Waals surface area contributed by atoms with E-state index in [1.165, 1.54) is 24.3 Å². The summed E-state index contributed by atoms with van der Waals surface area (Å²) in [5, 5.41) is 0. The van der Waals surface area contributed by atoms with Crippen molar-refractivity contribution in [2.45, 2.75) is 37.0 Å². The zero-order valence-electron chi connectivity index (χ0n) is 15.6. The topological polar surface area (TPSA) is 86.7 Å². The van der Waals surface area contributed by atoms with Crippen LogP contribution in [0.2, 0.25) is 0 Å². The number of rotatable bonds is 9. The molecule has 0 heterocycles. The summed E-state index contributed by atoms with van der Waals surface area (Å²) in [6.45, 7) is 5.40. The third-order valence-corrected chi connectivity index (χ3v) is 6.60. The highest BCUT2D eigenvalue weighted by molar-refractivity contribution is 7.87. The minimum absolute atomic E-state index is 0.0503. The molecule has 0 N–H and O–H groups in total. The molecule has 0 spiro atoms. The van der Waals surface area contributed by atoms with Crippen molar-refractivity contribution in [3.8, 4) is 0 Å². The molecule has 0 aromatic heterocycles. The number of benzene rings is 2. The van der Waals surface area contributed by atoms with Crippen molar-refractivity contribution in [2.75, 3.05) is 13.2 Å². The van der Waals surface area contributed by atoms with E-state index in [4.69, 9.17) is 8.37 Å². The van der Waals surface area contributed by atoms with Crippen LogP contribution < -0.4 is 0 Å². The molecule has 8 heteroatoms. The molecule has 1 atom stereocenters. The predicted molar refractivity (Wildman–Crippen MR) is 102 cm³/mol. The van der Waals surface area contributed by atoms with Gasteiger partial charge >= 0.3 is 0 Å². The molecule has 0 aliphatic rings. The first-order valence-electron chi connectivity index (χ1n) is 8.52. The maximum Gasteiger partial charge on any atom is 0.296 e. The fourth-order valence-corrected chi connectivity index (χ4v) is 4.13. The van der Waals surface area contributed by atoms with Gasteiger partial charge in [0.15, 0.2) is 0 Å². The Morgan fingerprint density at radius 1 is 0.741 bits per heavy atom. The number of hydrogen-bond acceptors (Lipinski definition) is 6. The zero-order chi connectivity index (χ0) is 20.1. The normalized spacial score (nSPS) is 13.4. The second-order valence-corrected chi connectivity index (χ2v) is 9.77. The number of aryl methyl sites for hydroxylation is 2. The van der Waals surface area contributed by atoms with E-state index >= 15 is 0 Å². The Morgan fingerprint density at radius 2 is 1.15 bits per heavy atom. The summed E-state index contributed by atoms with van der Waals surface area (Å²) in [6, 6.07) is 12.8. The number of hydrogen-bond donors (Lipinski definition) is 0. The van der Waals surface area contributed by atoms with Crippen molar-refractivity contribution in [1.82, 2.24) is 0 Å². The van der Waals surface area contributed by atoms with Crippen LogP contribution in [0.4, 0.5) is 0 Å². The van der Waals surface area contributed by atoms with Gasteiger partial charge in [-0.2, -0.15) is 16.8 Å². The minimum atomic E-state index is -3.83. The van der Waals surface area contributed by atoms with Crippen LogP contribution in [0.5, 0.6) is 0 Å². The second-order valence-electron chi connectivity index (χ2n) is 6.53. The predicted octanol–water partition coefficient (Wildman–Crippen LogP) is 3.44. The Hall–Kier alpha value is -1.74. The minimum Gasteiger partial charge on any atom is -0.266 e. The molecule has 0 radical (unpaired) electrons. The SMILES string of the molecule is Cc1ccc(S(=O)(=O)OCCC(C)COS(=O)(=O)c2ccc(C)cc2)cc1. The van der Waals surface area contributed by atoms with Crippen LogP contribution >= 0.6 is 0 Å². The molecule has 2 aromatic rings. The first kappa shape index (κ1) is 21.6. The van der Waals surface area contributed by atoms with Crippen LogP contribution in [0, 0.1) is 19.8 Å². The molecule has 0 fully saturated rings. The zero-order valence-corrected chi connectivity index (χ0v) is 17.2. The Bertz CT molecular complexity index is 946. The summed E-state index contributed by atoms with van der Waals surface area (Å²) >= 11 is 0. The van der Waals surface area contributed by atoms with Crippen LogP contribution in [0.1, 0.15) is 24.5 Å². The smallest absolute Gasteiger partial charge is 0.266 e. The van der Waals surface area contributed by atoms with Gasteiger partial charge in [0.25, 0.3) is 20.2 Å². The van der Waals surface area contributed by atoms with Gasteiger partial charge in [0.1, 0.15) is 0 Å². The molecule has 0 aliphatic carbocycles. The Kier molecular flexibility index (Phi) is 7.16. The lowest BCUT2D eigenvalue weighted by Gasteiger charge is -2.12. The summed E-state index contributed by atoms with van der Waals surface area (Å²) < 4.78 is 58.6. The van der Waals surface area contributed by atoms with Gasteiger partial charge in [0.05, 0.1) is 23.0 Å². The van der Waals surface area contributed by atoms with Crippen molar-refractivity contribution in [1.29, 1.82) is 0 Å². The van der Waals surface area contributed by atoms with E-state index in [9.17, 15) is 16.8 Å². The van der Waals surface area contributed by atoms with E-state index in [2.05, 4.69) is 0 Å². The Morgan fingerprint density at radius 3 is 1.59 bits per heavy atom. The van der Waals surface area contributed by atoms with E-state index in [0.29, 0.717) is 6.42 Å². The molecular weight excluding hydrogens is 388 g/mol. The van der Waals surface area contributed by atoms with Crippen molar-refractivity contribution in [3.05, 3.63) is 59.7 Å². The van der Waals surface area contributed by atoms with Gasteiger partial charge in [-0.3, -0.25) is 8.37 Å². The molecule has 0 aliphatic heterocycles. The highest BCUT2D eigenvalue weighted by atomic mass is 32.2. The van der Waals surface area contributed by atoms with Crippen LogP contribution in [0.15, 0.2) is 58.3 Å². The fourth-order valence-electron chi connectivity index (χ4n) is 2.19. The molecular formula is C19H24O6S2. The fraction of sp³-hybridized carbons (Fsp3) is 0.368. The molecule has 2 rings (SSSR count). The van der Waals surface area contributed by atoms with E-state index in [0.717, 1.165) is 11.1 Å². The van der Waals surface area contributed by atoms with Crippen LogP contribution in [-0.4, -0.2) is 30.0 Å². The molecule has 6 nitrogen and oxygen atoms in total. The summed E-state index contributed by atoms with van der Waals surface area (Å²) in [4.78, 5) is 0.192. The Labute approximate surface area is 161 Å². The lowest BCUT2D eigenvalue weighted by Crippen LogP contribution is -2.16. The lowest BCUT2D eigenvalue weighted by atomic mass is 10.1. The standard InChI is InChI=1S/C19H24O6S2/c1-15-4-8-18(9-5-15)26(20,21)24-13-12-17(3)14-25-27(22,23)19-10-6-16(2)7-11-19/h4-11,17H,12-14H2,1-3H3. The highest BCUT2D eigenvalue weighted by Crippen LogP contribution is 2.17. The highest BCUT2D eigenvalue weighted by Gasteiger charge is 2.18. The first-order chi connectivity index (χ1) is 12.6. The average Bonchev–Trinajstić information content (AvgIpc) is 2.61. The van der Waals surface area contributed by atoms with E-state index < -0.39 is 20.2 Å². The van der Waals surface area contributed by atoms with Crippen LogP contribution in [0.25, 0.3) is 0 Å². The van der Waals surface area contributed by atoms with E-state index in [-0.39, 0.29) is 28.9 Å². The molecule has 27 heavy (non-hydrogen) atoms. The molecule has 0 bridgehead atoms. The van der Waals surface area contributed by atoms with Gasteiger partial charge < -0.3 is 0 Å². The van der Waals surface area contributed by atoms with Crippen molar-refractivity contribution in [3.63, 3.8) is 0 Å². The lowest BCUT2D eigenvalue weighted by molar-refractivity contribution is 0.223. The van der Waals surface area contributed by atoms with Gasteiger partial charge in [-0.15, -0.1) is 0 Å². The van der Waals surface area contributed by atoms with E-state index in [1.807, 2.05) is 13.8 Å². The summed E-state index contributed by atoms with van der Waals surface area (Å²) in [6.07, 6.45) is 0.342. The molecule has 148 valence electrons. The molecule has 0 amide bonds. The summed E-state index contributed by atoms with van der Waals surface area (Å²) in [5.74, 6) is -0.196. The van der Waals surface area contributed by atoms with Gasteiger partial charge in [-0.05, 0) is 50.5 Å². The van der Waals surface area contributed by atoms with Crippen LogP contribution in [-0.2, 0) is 28.6 Å². The molecule has 1 unspecified atom stereocenters. The maximum absolute atomic E-state index is 12.1. The van der Waals surface area contributed by atoms with Gasteiger partial charge in [-0.25, -0.2) is 0 Å². The van der Waals surface area contributed by atoms with Crippen molar-refractivity contribution >= 4 is 20.2 Å². The largest absolute Gasteiger partial charge is 0.296 e. The van der Waals surface area contributed by atoms with Gasteiger partial charge in [0, 0.05) is 0 Å². The average molecular weight is 413 g/mol. The van der Waals surface area contributed by atoms with E-state index in [1.54, 1.807) is 31.2 Å². The third kappa shape index (κ3) is 6.42. The van der Waals surface area contributed by atoms with Crippen LogP contribution in [0.3, 0.4) is 0 Å². The molecule has 0 saturated heterocycles. The summed E-state index contributed by atoms with van der Waals surface area (Å²) in [7, 11) is -7.65. The monoisotopic (exact) mass is 412 g/mol. The Balaban J connectivity index is 1.83. The molecule has 0 saturated carbocycles. The van der Waals surface area contributed by atoms with Crippen molar-refractivity contribution in [2.24, 2.45) is 5.92 Å². The van der Waals surface area contributed by atoms with Gasteiger partial charge in [-0.1, -0.05) is 42.3 Å².